The first-order valence-corrected chi connectivity index (χ1v) is 7.59. The van der Waals surface area contributed by atoms with Crippen LogP contribution in [0.4, 0.5) is 5.13 Å². The molecule has 1 saturated heterocycles. The van der Waals surface area contributed by atoms with E-state index in [-0.39, 0.29) is 5.41 Å². The molecule has 1 N–H and O–H groups in total. The highest BCUT2D eigenvalue weighted by atomic mass is 32.1. The summed E-state index contributed by atoms with van der Waals surface area (Å²) in [6.07, 6.45) is 2.51. The lowest BCUT2D eigenvalue weighted by Gasteiger charge is -2.32. The van der Waals surface area contributed by atoms with Crippen molar-refractivity contribution >= 4 is 16.7 Å². The molecule has 1 aliphatic heterocycles. The minimum Gasteiger partial charge on any atom is -0.356 e. The van der Waals surface area contributed by atoms with Gasteiger partial charge in [0.1, 0.15) is 5.82 Å². The van der Waals surface area contributed by atoms with Gasteiger partial charge < -0.3 is 10.2 Å². The largest absolute Gasteiger partial charge is 0.356 e. The molecule has 1 atom stereocenters. The minimum absolute atomic E-state index is 0.0401. The van der Waals surface area contributed by atoms with Crippen LogP contribution in [0.5, 0.6) is 0 Å². The summed E-state index contributed by atoms with van der Waals surface area (Å²) in [6.45, 7) is 12.2. The van der Waals surface area contributed by atoms with Crippen molar-refractivity contribution in [1.82, 2.24) is 14.3 Å². The fourth-order valence-electron chi connectivity index (χ4n) is 2.22. The fraction of sp³-hybridized carbons (Fsp3) is 0.846. The molecule has 0 radical (unpaired) electrons. The van der Waals surface area contributed by atoms with E-state index < -0.39 is 0 Å². The maximum absolute atomic E-state index is 4.60. The van der Waals surface area contributed by atoms with E-state index in [1.807, 2.05) is 0 Å². The van der Waals surface area contributed by atoms with Crippen molar-refractivity contribution in [3.8, 4) is 0 Å². The Morgan fingerprint density at radius 1 is 1.44 bits per heavy atom. The molecule has 0 bridgehead atoms. The normalized spacial score (nSPS) is 22.1. The average molecular weight is 268 g/mol. The molecular weight excluding hydrogens is 244 g/mol. The number of aromatic nitrogens is 2. The SMILES string of the molecule is CCN1CCCC(Nc2nc(C(C)(C)C)ns2)C1. The summed E-state index contributed by atoms with van der Waals surface area (Å²) >= 11 is 1.49. The lowest BCUT2D eigenvalue weighted by Crippen LogP contribution is -2.41. The third-order valence-electron chi connectivity index (χ3n) is 3.38. The smallest absolute Gasteiger partial charge is 0.202 e. The number of piperidine rings is 1. The number of likely N-dealkylation sites (N-methyl/N-ethyl adjacent to an activating group) is 1. The fourth-order valence-corrected chi connectivity index (χ4v) is 3.06. The van der Waals surface area contributed by atoms with E-state index in [2.05, 4.69) is 47.3 Å². The number of rotatable bonds is 3. The van der Waals surface area contributed by atoms with Gasteiger partial charge in [-0.2, -0.15) is 4.37 Å². The summed E-state index contributed by atoms with van der Waals surface area (Å²) in [6, 6.07) is 0.527. The van der Waals surface area contributed by atoms with Crippen molar-refractivity contribution in [2.45, 2.75) is 52.0 Å². The summed E-state index contributed by atoms with van der Waals surface area (Å²) in [4.78, 5) is 7.10. The first kappa shape index (κ1) is 13.7. The van der Waals surface area contributed by atoms with Crippen molar-refractivity contribution < 1.29 is 0 Å². The molecule has 0 saturated carbocycles. The van der Waals surface area contributed by atoms with Gasteiger partial charge in [-0.1, -0.05) is 27.7 Å². The van der Waals surface area contributed by atoms with Gasteiger partial charge in [0, 0.05) is 29.5 Å². The number of nitrogens with one attached hydrogen (secondary N) is 1. The van der Waals surface area contributed by atoms with Crippen molar-refractivity contribution in [1.29, 1.82) is 0 Å². The molecule has 1 aromatic heterocycles. The molecule has 1 aromatic rings. The first-order valence-electron chi connectivity index (χ1n) is 6.82. The highest BCUT2D eigenvalue weighted by Crippen LogP contribution is 2.24. The van der Waals surface area contributed by atoms with E-state index in [0.29, 0.717) is 6.04 Å². The zero-order chi connectivity index (χ0) is 13.2. The van der Waals surface area contributed by atoms with Crippen LogP contribution in [0.3, 0.4) is 0 Å². The first-order chi connectivity index (χ1) is 8.49. The Morgan fingerprint density at radius 2 is 2.22 bits per heavy atom. The van der Waals surface area contributed by atoms with Crippen LogP contribution in [0.25, 0.3) is 0 Å². The molecule has 2 heterocycles. The van der Waals surface area contributed by atoms with Gasteiger partial charge in [-0.05, 0) is 25.9 Å². The quantitative estimate of drug-likeness (QED) is 0.915. The summed E-state index contributed by atoms with van der Waals surface area (Å²) < 4.78 is 4.45. The molecule has 2 rings (SSSR count). The average Bonchev–Trinajstić information content (AvgIpc) is 2.77. The van der Waals surface area contributed by atoms with E-state index >= 15 is 0 Å². The highest BCUT2D eigenvalue weighted by Gasteiger charge is 2.22. The molecular formula is C13H24N4S. The highest BCUT2D eigenvalue weighted by molar-refractivity contribution is 7.09. The molecule has 0 aliphatic carbocycles. The van der Waals surface area contributed by atoms with Gasteiger partial charge in [-0.15, -0.1) is 0 Å². The van der Waals surface area contributed by atoms with Gasteiger partial charge in [-0.25, -0.2) is 4.98 Å². The zero-order valence-corrected chi connectivity index (χ0v) is 12.7. The van der Waals surface area contributed by atoms with Gasteiger partial charge in [0.15, 0.2) is 0 Å². The number of nitrogens with zero attached hydrogens (tertiary/aromatic N) is 3. The van der Waals surface area contributed by atoms with Crippen LogP contribution in [-0.2, 0) is 5.41 Å². The molecule has 18 heavy (non-hydrogen) atoms. The van der Waals surface area contributed by atoms with Crippen molar-refractivity contribution in [2.75, 3.05) is 25.0 Å². The topological polar surface area (TPSA) is 41.0 Å². The molecule has 1 unspecified atom stereocenters. The molecule has 1 fully saturated rings. The monoisotopic (exact) mass is 268 g/mol. The van der Waals surface area contributed by atoms with Gasteiger partial charge in [-0.3, -0.25) is 0 Å². The standard InChI is InChI=1S/C13H24N4S/c1-5-17-8-6-7-10(9-17)14-12-15-11(16-18-12)13(2,3)4/h10H,5-9H2,1-4H3,(H,14,15,16). The Kier molecular flexibility index (Phi) is 4.22. The Hall–Kier alpha value is -0.680. The van der Waals surface area contributed by atoms with Crippen LogP contribution in [0.15, 0.2) is 0 Å². The predicted octanol–water partition coefficient (Wildman–Crippen LogP) is 2.73. The number of likely N-dealkylation sites (tertiary alicyclic amines) is 1. The maximum atomic E-state index is 4.60. The lowest BCUT2D eigenvalue weighted by molar-refractivity contribution is 0.227. The van der Waals surface area contributed by atoms with Gasteiger partial charge in [0.05, 0.1) is 0 Å². The van der Waals surface area contributed by atoms with E-state index in [1.54, 1.807) is 0 Å². The molecule has 0 spiro atoms. The molecule has 1 aliphatic rings. The van der Waals surface area contributed by atoms with Gasteiger partial charge in [0.25, 0.3) is 0 Å². The molecule has 102 valence electrons. The molecule has 0 aromatic carbocycles. The van der Waals surface area contributed by atoms with Crippen molar-refractivity contribution in [3.05, 3.63) is 5.82 Å². The Morgan fingerprint density at radius 3 is 2.83 bits per heavy atom. The van der Waals surface area contributed by atoms with E-state index in [1.165, 1.54) is 30.9 Å². The van der Waals surface area contributed by atoms with Crippen LogP contribution < -0.4 is 5.32 Å². The molecule has 5 heteroatoms. The second kappa shape index (κ2) is 5.53. The van der Waals surface area contributed by atoms with Crippen molar-refractivity contribution in [2.24, 2.45) is 0 Å². The van der Waals surface area contributed by atoms with Crippen molar-refractivity contribution in [3.63, 3.8) is 0 Å². The summed E-state index contributed by atoms with van der Waals surface area (Å²) in [5, 5.41) is 4.52. The Bertz CT molecular complexity index is 383. The van der Waals surface area contributed by atoms with Crippen LogP contribution in [0, 0.1) is 0 Å². The van der Waals surface area contributed by atoms with Crippen LogP contribution in [0.1, 0.15) is 46.4 Å². The lowest BCUT2D eigenvalue weighted by atomic mass is 9.96. The number of hydrogen-bond donors (Lipinski definition) is 1. The summed E-state index contributed by atoms with van der Waals surface area (Å²) in [5.74, 6) is 0.943. The third kappa shape index (κ3) is 3.42. The van der Waals surface area contributed by atoms with Crippen LogP contribution in [-0.4, -0.2) is 39.9 Å². The summed E-state index contributed by atoms with van der Waals surface area (Å²) in [5.41, 5.74) is 0.0401. The second-order valence-corrected chi connectivity index (χ2v) is 6.80. The van der Waals surface area contributed by atoms with Gasteiger partial charge >= 0.3 is 0 Å². The zero-order valence-electron chi connectivity index (χ0n) is 11.9. The maximum Gasteiger partial charge on any atom is 0.202 e. The molecule has 0 amide bonds. The third-order valence-corrected chi connectivity index (χ3v) is 4.02. The number of hydrogen-bond acceptors (Lipinski definition) is 5. The Balaban J connectivity index is 1.95. The molecule has 4 nitrogen and oxygen atoms in total. The van der Waals surface area contributed by atoms with E-state index in [4.69, 9.17) is 0 Å². The number of anilines is 1. The van der Waals surface area contributed by atoms with E-state index in [0.717, 1.165) is 24.0 Å². The van der Waals surface area contributed by atoms with Crippen LogP contribution >= 0.6 is 11.5 Å². The van der Waals surface area contributed by atoms with E-state index in [9.17, 15) is 0 Å². The van der Waals surface area contributed by atoms with Crippen LogP contribution in [0.2, 0.25) is 0 Å². The minimum atomic E-state index is 0.0401. The second-order valence-electron chi connectivity index (χ2n) is 6.05. The summed E-state index contributed by atoms with van der Waals surface area (Å²) in [7, 11) is 0. The van der Waals surface area contributed by atoms with Gasteiger partial charge in [0.2, 0.25) is 5.13 Å². The predicted molar refractivity (Wildman–Crippen MR) is 77.4 cm³/mol. The Labute approximate surface area is 114 Å².